The number of carbonyl (C=O) groups is 1. The molecule has 0 spiro atoms. The average molecular weight is 481 g/mol. The van der Waals surface area contributed by atoms with Crippen molar-refractivity contribution in [3.05, 3.63) is 59.7 Å². The van der Waals surface area contributed by atoms with Gasteiger partial charge in [-0.3, -0.25) is 9.10 Å². The van der Waals surface area contributed by atoms with Gasteiger partial charge in [0.15, 0.2) is 0 Å². The van der Waals surface area contributed by atoms with Crippen molar-refractivity contribution in [1.29, 1.82) is 0 Å². The van der Waals surface area contributed by atoms with Crippen molar-refractivity contribution in [2.45, 2.75) is 11.8 Å². The van der Waals surface area contributed by atoms with Gasteiger partial charge in [0.05, 0.1) is 10.6 Å². The molecule has 0 atom stereocenters. The van der Waals surface area contributed by atoms with Crippen LogP contribution < -0.4 is 4.31 Å². The molecule has 0 N–H and O–H groups in total. The fourth-order valence-electron chi connectivity index (χ4n) is 3.37. The Morgan fingerprint density at radius 2 is 1.34 bits per heavy atom. The van der Waals surface area contributed by atoms with Gasteiger partial charge in [-0.15, -0.1) is 0 Å². The summed E-state index contributed by atoms with van der Waals surface area (Å²) in [6.45, 7) is 2.88. The highest BCUT2D eigenvalue weighted by molar-refractivity contribution is 7.90. The van der Waals surface area contributed by atoms with Crippen LogP contribution in [0.4, 0.5) is 5.69 Å². The molecular weight excluding hydrogens is 452 g/mol. The molecule has 2 aromatic carbocycles. The zero-order chi connectivity index (χ0) is 23.7. The fraction of sp³-hybridized carbons (Fsp3) is 0.381. The Morgan fingerprint density at radius 1 is 0.812 bits per heavy atom. The number of nitrogens with zero attached hydrogens (tertiary/aromatic N) is 4. The summed E-state index contributed by atoms with van der Waals surface area (Å²) in [6.07, 6.45) is 0. The highest BCUT2D eigenvalue weighted by Gasteiger charge is 2.30. The number of sulfonamides is 1. The van der Waals surface area contributed by atoms with Crippen molar-refractivity contribution in [3.8, 4) is 0 Å². The van der Waals surface area contributed by atoms with Crippen LogP contribution in [0.2, 0.25) is 0 Å². The van der Waals surface area contributed by atoms with E-state index < -0.39 is 20.2 Å². The number of rotatable bonds is 6. The Hall–Kier alpha value is -2.47. The molecule has 0 unspecified atom stereocenters. The number of amides is 1. The lowest BCUT2D eigenvalue weighted by Crippen LogP contribution is -2.50. The normalized spacial score (nSPS) is 15.7. The fourth-order valence-corrected chi connectivity index (χ4v) is 5.67. The lowest BCUT2D eigenvalue weighted by atomic mass is 10.1. The highest BCUT2D eigenvalue weighted by Crippen LogP contribution is 2.21. The van der Waals surface area contributed by atoms with E-state index in [2.05, 4.69) is 0 Å². The molecule has 11 heteroatoms. The second-order valence-corrected chi connectivity index (χ2v) is 11.9. The van der Waals surface area contributed by atoms with Crippen molar-refractivity contribution in [3.63, 3.8) is 0 Å². The molecule has 174 valence electrons. The Balaban J connectivity index is 1.66. The van der Waals surface area contributed by atoms with Crippen molar-refractivity contribution >= 4 is 31.8 Å². The van der Waals surface area contributed by atoms with Crippen LogP contribution >= 0.6 is 0 Å². The summed E-state index contributed by atoms with van der Waals surface area (Å²) in [6, 6.07) is 13.0. The Kier molecular flexibility index (Phi) is 6.94. The topological polar surface area (TPSA) is 98.3 Å². The predicted molar refractivity (Wildman–Crippen MR) is 123 cm³/mol. The largest absolute Gasteiger partial charge is 0.336 e. The first-order valence-electron chi connectivity index (χ1n) is 10.1. The molecular formula is C21H28N4O5S2. The molecule has 32 heavy (non-hydrogen) atoms. The summed E-state index contributed by atoms with van der Waals surface area (Å²) in [5.41, 5.74) is 1.83. The first kappa shape index (κ1) is 24.2. The van der Waals surface area contributed by atoms with Gasteiger partial charge in [0.25, 0.3) is 5.91 Å². The molecule has 0 aromatic heterocycles. The van der Waals surface area contributed by atoms with Crippen LogP contribution in [0.3, 0.4) is 0 Å². The third kappa shape index (κ3) is 4.80. The number of aryl methyl sites for hydroxylation is 1. The minimum absolute atomic E-state index is 0.212. The molecule has 1 saturated heterocycles. The zero-order valence-electron chi connectivity index (χ0n) is 18.6. The summed E-state index contributed by atoms with van der Waals surface area (Å²) in [5.74, 6) is -0.220. The molecule has 1 amide bonds. The lowest BCUT2D eigenvalue weighted by molar-refractivity contribution is 0.0698. The molecule has 3 rings (SSSR count). The zero-order valence-corrected chi connectivity index (χ0v) is 20.2. The smallest absolute Gasteiger partial charge is 0.303 e. The minimum atomic E-state index is -3.62. The van der Waals surface area contributed by atoms with E-state index >= 15 is 0 Å². The van der Waals surface area contributed by atoms with E-state index in [9.17, 15) is 21.6 Å². The van der Waals surface area contributed by atoms with Crippen LogP contribution in [0, 0.1) is 6.92 Å². The Morgan fingerprint density at radius 3 is 1.84 bits per heavy atom. The van der Waals surface area contributed by atoms with Gasteiger partial charge in [0.2, 0.25) is 10.0 Å². The number of hydrogen-bond donors (Lipinski definition) is 0. The van der Waals surface area contributed by atoms with Gasteiger partial charge in [0, 0.05) is 52.9 Å². The van der Waals surface area contributed by atoms with Crippen molar-refractivity contribution in [2.24, 2.45) is 0 Å². The number of piperazine rings is 1. The molecule has 2 aromatic rings. The second-order valence-electron chi connectivity index (χ2n) is 7.81. The maximum atomic E-state index is 12.9. The van der Waals surface area contributed by atoms with Gasteiger partial charge < -0.3 is 4.90 Å². The molecule has 1 heterocycles. The molecule has 0 bridgehead atoms. The van der Waals surface area contributed by atoms with Crippen LogP contribution in [0.25, 0.3) is 0 Å². The van der Waals surface area contributed by atoms with E-state index in [1.54, 1.807) is 53.4 Å². The van der Waals surface area contributed by atoms with Gasteiger partial charge >= 0.3 is 10.2 Å². The summed E-state index contributed by atoms with van der Waals surface area (Å²) in [5, 5.41) is 0. The number of benzene rings is 2. The number of anilines is 1. The van der Waals surface area contributed by atoms with Crippen molar-refractivity contribution in [2.75, 3.05) is 51.6 Å². The first-order chi connectivity index (χ1) is 14.9. The second kappa shape index (κ2) is 9.18. The molecule has 0 saturated carbocycles. The van der Waals surface area contributed by atoms with E-state index in [0.29, 0.717) is 11.3 Å². The SMILES string of the molecule is Cc1ccc(S(=O)(=O)N2CCN(C(=O)c3ccc(N(C)S(=O)(=O)N(C)C)cc3)CC2)cc1. The van der Waals surface area contributed by atoms with E-state index in [0.717, 1.165) is 14.2 Å². The first-order valence-corrected chi connectivity index (χ1v) is 12.9. The predicted octanol–water partition coefficient (Wildman–Crippen LogP) is 1.38. The maximum Gasteiger partial charge on any atom is 0.303 e. The number of carbonyl (C=O) groups excluding carboxylic acids is 1. The van der Waals surface area contributed by atoms with Gasteiger partial charge in [-0.2, -0.15) is 17.0 Å². The number of hydrogen-bond acceptors (Lipinski definition) is 5. The highest BCUT2D eigenvalue weighted by atomic mass is 32.2. The molecule has 0 aliphatic carbocycles. The van der Waals surface area contributed by atoms with Crippen LogP contribution in [-0.2, 0) is 20.2 Å². The van der Waals surface area contributed by atoms with Gasteiger partial charge in [-0.1, -0.05) is 17.7 Å². The maximum absolute atomic E-state index is 12.9. The van der Waals surface area contributed by atoms with Crippen molar-refractivity contribution < 1.29 is 21.6 Å². The minimum Gasteiger partial charge on any atom is -0.336 e. The van der Waals surface area contributed by atoms with Gasteiger partial charge in [-0.25, -0.2) is 8.42 Å². The van der Waals surface area contributed by atoms with Crippen LogP contribution in [0.15, 0.2) is 53.4 Å². The summed E-state index contributed by atoms with van der Waals surface area (Å²) in [4.78, 5) is 14.7. The molecule has 0 radical (unpaired) electrons. The Bertz CT molecular complexity index is 1170. The van der Waals surface area contributed by atoms with Crippen molar-refractivity contribution in [1.82, 2.24) is 13.5 Å². The standard InChI is InChI=1S/C21H28N4O5S2/c1-17-5-11-20(12-6-17)31(27,28)25-15-13-24(14-16-25)21(26)18-7-9-19(10-8-18)23(4)32(29,30)22(2)3/h5-12H,13-16H2,1-4H3. The lowest BCUT2D eigenvalue weighted by Gasteiger charge is -2.34. The van der Waals surface area contributed by atoms with E-state index in [-0.39, 0.29) is 37.0 Å². The Labute approximate surface area is 190 Å². The van der Waals surface area contributed by atoms with Crippen LogP contribution in [0.5, 0.6) is 0 Å². The molecule has 9 nitrogen and oxygen atoms in total. The monoisotopic (exact) mass is 480 g/mol. The summed E-state index contributed by atoms with van der Waals surface area (Å²) < 4.78 is 53.8. The van der Waals surface area contributed by atoms with Crippen LogP contribution in [-0.4, -0.2) is 83.6 Å². The quantitative estimate of drug-likeness (QED) is 0.622. The van der Waals surface area contributed by atoms with E-state index in [1.165, 1.54) is 25.4 Å². The average Bonchev–Trinajstić information content (AvgIpc) is 2.78. The molecule has 1 aliphatic heterocycles. The summed E-state index contributed by atoms with van der Waals surface area (Å²) in [7, 11) is -2.88. The van der Waals surface area contributed by atoms with Gasteiger partial charge in [0.1, 0.15) is 0 Å². The summed E-state index contributed by atoms with van der Waals surface area (Å²) >= 11 is 0. The van der Waals surface area contributed by atoms with E-state index in [1.807, 2.05) is 6.92 Å². The van der Waals surface area contributed by atoms with Gasteiger partial charge in [-0.05, 0) is 43.3 Å². The third-order valence-electron chi connectivity index (χ3n) is 5.47. The van der Waals surface area contributed by atoms with E-state index in [4.69, 9.17) is 0 Å². The third-order valence-corrected chi connectivity index (χ3v) is 9.21. The van der Waals surface area contributed by atoms with Crippen LogP contribution in [0.1, 0.15) is 15.9 Å². The molecule has 1 aliphatic rings. The molecule has 1 fully saturated rings.